The highest BCUT2D eigenvalue weighted by Gasteiger charge is 2.13. The molecule has 0 fully saturated rings. The van der Waals surface area contributed by atoms with E-state index in [1.54, 1.807) is 13.2 Å². The maximum atomic E-state index is 10.3. The number of aliphatic hydroxyl groups excluding tert-OH is 1. The second-order valence-corrected chi connectivity index (χ2v) is 5.99. The zero-order valence-electron chi connectivity index (χ0n) is 15.5. The van der Waals surface area contributed by atoms with Crippen molar-refractivity contribution >= 4 is 22.4 Å². The van der Waals surface area contributed by atoms with Gasteiger partial charge in [0.25, 0.3) is 0 Å². The van der Waals surface area contributed by atoms with Crippen LogP contribution < -0.4 is 10.1 Å². The molecule has 0 aliphatic carbocycles. The van der Waals surface area contributed by atoms with Crippen LogP contribution in [-0.4, -0.2) is 47.1 Å². The van der Waals surface area contributed by atoms with Gasteiger partial charge >= 0.3 is 0 Å². The Morgan fingerprint density at radius 1 is 1.18 bits per heavy atom. The van der Waals surface area contributed by atoms with Gasteiger partial charge in [-0.05, 0) is 24.3 Å². The van der Waals surface area contributed by atoms with Gasteiger partial charge in [-0.15, -0.1) is 6.42 Å². The van der Waals surface area contributed by atoms with Gasteiger partial charge in [0.05, 0.1) is 18.7 Å². The van der Waals surface area contributed by atoms with Crippen LogP contribution in [0.25, 0.3) is 10.9 Å². The molecule has 0 aliphatic heterocycles. The van der Waals surface area contributed by atoms with E-state index in [2.05, 4.69) is 21.2 Å². The van der Waals surface area contributed by atoms with Crippen molar-refractivity contribution in [2.75, 3.05) is 32.2 Å². The number of aliphatic hydroxyl groups is 1. The minimum atomic E-state index is -0.0816. The van der Waals surface area contributed by atoms with Crippen LogP contribution in [0.5, 0.6) is 11.5 Å². The Kier molecular flexibility index (Phi) is 6.27. The number of nitrogens with one attached hydrogen (secondary N) is 1. The first-order valence-electron chi connectivity index (χ1n) is 8.74. The van der Waals surface area contributed by atoms with Crippen molar-refractivity contribution in [1.82, 2.24) is 9.97 Å². The van der Waals surface area contributed by atoms with Crippen molar-refractivity contribution in [3.05, 3.63) is 47.8 Å². The molecule has 0 atom stereocenters. The van der Waals surface area contributed by atoms with Crippen LogP contribution in [0, 0.1) is 12.3 Å². The summed E-state index contributed by atoms with van der Waals surface area (Å²) < 4.78 is 10.6. The van der Waals surface area contributed by atoms with E-state index in [9.17, 15) is 10.2 Å². The zero-order chi connectivity index (χ0) is 19.9. The molecule has 0 bridgehead atoms. The predicted molar refractivity (Wildman–Crippen MR) is 107 cm³/mol. The Balaban J connectivity index is 2.06. The summed E-state index contributed by atoms with van der Waals surface area (Å²) in [7, 11) is 1.58. The van der Waals surface area contributed by atoms with E-state index in [4.69, 9.17) is 15.9 Å². The molecule has 0 spiro atoms. The molecule has 0 saturated carbocycles. The largest absolute Gasteiger partial charge is 0.504 e. The van der Waals surface area contributed by atoms with Crippen LogP contribution in [-0.2, 0) is 11.2 Å². The molecule has 144 valence electrons. The van der Waals surface area contributed by atoms with Crippen molar-refractivity contribution < 1.29 is 19.7 Å². The van der Waals surface area contributed by atoms with E-state index in [0.717, 1.165) is 11.3 Å². The molecule has 3 N–H and O–H groups in total. The molecular weight excluding hydrogens is 358 g/mol. The third-order valence-electron chi connectivity index (χ3n) is 4.00. The van der Waals surface area contributed by atoms with E-state index in [1.807, 2.05) is 24.3 Å². The number of terminal acetylenes is 1. The van der Waals surface area contributed by atoms with Crippen LogP contribution >= 0.6 is 0 Å². The monoisotopic (exact) mass is 379 g/mol. The topological polar surface area (TPSA) is 96.7 Å². The zero-order valence-corrected chi connectivity index (χ0v) is 15.5. The number of anilines is 2. The van der Waals surface area contributed by atoms with Crippen LogP contribution in [0.4, 0.5) is 11.5 Å². The lowest BCUT2D eigenvalue weighted by Gasteiger charge is -2.14. The number of aromatic hydroxyl groups is 1. The Hall–Kier alpha value is -3.34. The highest BCUT2D eigenvalue weighted by Crippen LogP contribution is 2.34. The average Bonchev–Trinajstić information content (AvgIpc) is 2.69. The lowest BCUT2D eigenvalue weighted by molar-refractivity contribution is 0.144. The maximum Gasteiger partial charge on any atom is 0.161 e. The first-order valence-corrected chi connectivity index (χ1v) is 8.74. The smallest absolute Gasteiger partial charge is 0.161 e. The summed E-state index contributed by atoms with van der Waals surface area (Å²) in [4.78, 5) is 8.93. The third kappa shape index (κ3) is 4.49. The summed E-state index contributed by atoms with van der Waals surface area (Å²) in [5, 5.41) is 23.4. The normalized spacial score (nSPS) is 10.6. The van der Waals surface area contributed by atoms with Gasteiger partial charge in [-0.25, -0.2) is 9.97 Å². The van der Waals surface area contributed by atoms with Crippen molar-refractivity contribution in [2.45, 2.75) is 6.42 Å². The number of aromatic nitrogens is 2. The lowest BCUT2D eigenvalue weighted by atomic mass is 10.1. The van der Waals surface area contributed by atoms with Crippen molar-refractivity contribution in [2.24, 2.45) is 0 Å². The number of phenolic OH excluding ortho intramolecular Hbond substituents is 1. The minimum Gasteiger partial charge on any atom is -0.504 e. The Labute approximate surface area is 163 Å². The number of ether oxygens (including phenoxy) is 2. The van der Waals surface area contributed by atoms with E-state index in [0.29, 0.717) is 47.9 Å². The number of fused-ring (bicyclic) bond motifs is 1. The van der Waals surface area contributed by atoms with Crippen molar-refractivity contribution in [3.63, 3.8) is 0 Å². The molecule has 0 saturated heterocycles. The molecular formula is C21H21N3O4. The van der Waals surface area contributed by atoms with Gasteiger partial charge in [0.2, 0.25) is 0 Å². The minimum absolute atomic E-state index is 0.0301. The number of hydrogen-bond acceptors (Lipinski definition) is 7. The quantitative estimate of drug-likeness (QED) is 0.409. The van der Waals surface area contributed by atoms with Gasteiger partial charge in [-0.3, -0.25) is 0 Å². The number of nitrogens with zero attached hydrogens (tertiary/aromatic N) is 2. The fourth-order valence-electron chi connectivity index (χ4n) is 2.67. The van der Waals surface area contributed by atoms with Crippen LogP contribution in [0.2, 0.25) is 0 Å². The SMILES string of the molecule is C#Cc1cccc(Nc2nc(CCO)nc3cc(O)c(OCCOC)cc23)c1. The summed E-state index contributed by atoms with van der Waals surface area (Å²) in [6.07, 6.45) is 5.77. The van der Waals surface area contributed by atoms with Crippen LogP contribution in [0.3, 0.4) is 0 Å². The summed E-state index contributed by atoms with van der Waals surface area (Å²) in [6, 6.07) is 10.6. The number of benzene rings is 2. The van der Waals surface area contributed by atoms with Gasteiger partial charge in [0, 0.05) is 36.2 Å². The molecule has 28 heavy (non-hydrogen) atoms. The summed E-state index contributed by atoms with van der Waals surface area (Å²) in [5.41, 5.74) is 2.03. The Morgan fingerprint density at radius 2 is 2.04 bits per heavy atom. The van der Waals surface area contributed by atoms with E-state index >= 15 is 0 Å². The molecule has 7 heteroatoms. The van der Waals surface area contributed by atoms with Gasteiger partial charge in [-0.1, -0.05) is 12.0 Å². The fourth-order valence-corrected chi connectivity index (χ4v) is 2.67. The molecule has 7 nitrogen and oxygen atoms in total. The fraction of sp³-hybridized carbons (Fsp3) is 0.238. The Bertz CT molecular complexity index is 1010. The highest BCUT2D eigenvalue weighted by atomic mass is 16.5. The number of methoxy groups -OCH3 is 1. The highest BCUT2D eigenvalue weighted by molar-refractivity contribution is 5.93. The summed E-state index contributed by atoms with van der Waals surface area (Å²) in [6.45, 7) is 0.612. The summed E-state index contributed by atoms with van der Waals surface area (Å²) >= 11 is 0. The molecule has 0 radical (unpaired) electrons. The maximum absolute atomic E-state index is 10.3. The van der Waals surface area contributed by atoms with E-state index < -0.39 is 0 Å². The van der Waals surface area contributed by atoms with E-state index in [-0.39, 0.29) is 12.4 Å². The predicted octanol–water partition coefficient (Wildman–Crippen LogP) is 2.62. The lowest BCUT2D eigenvalue weighted by Crippen LogP contribution is -2.06. The summed E-state index contributed by atoms with van der Waals surface area (Å²) in [5.74, 6) is 3.86. The van der Waals surface area contributed by atoms with Gasteiger partial charge in [0.15, 0.2) is 11.5 Å². The molecule has 1 aromatic heterocycles. The Morgan fingerprint density at radius 3 is 2.79 bits per heavy atom. The average molecular weight is 379 g/mol. The van der Waals surface area contributed by atoms with Crippen molar-refractivity contribution in [3.8, 4) is 23.8 Å². The van der Waals surface area contributed by atoms with Gasteiger partial charge in [0.1, 0.15) is 18.2 Å². The molecule has 0 aliphatic rings. The molecule has 0 amide bonds. The number of rotatable bonds is 8. The molecule has 2 aromatic carbocycles. The molecule has 3 aromatic rings. The molecule has 3 rings (SSSR count). The number of phenols is 1. The third-order valence-corrected chi connectivity index (χ3v) is 4.00. The number of hydrogen-bond donors (Lipinski definition) is 3. The van der Waals surface area contributed by atoms with Crippen LogP contribution in [0.15, 0.2) is 36.4 Å². The van der Waals surface area contributed by atoms with E-state index in [1.165, 1.54) is 6.07 Å². The van der Waals surface area contributed by atoms with Crippen LogP contribution in [0.1, 0.15) is 11.4 Å². The standard InChI is InChI=1S/C21H21N3O4/c1-3-14-5-4-6-15(11-14)22-21-16-12-19(28-10-9-27-2)18(26)13-17(16)23-20(24-21)7-8-25/h1,4-6,11-13,25-26H,7-10H2,2H3,(H,22,23,24). The first-order chi connectivity index (χ1) is 13.6. The van der Waals surface area contributed by atoms with Gasteiger partial charge < -0.3 is 25.0 Å². The first kappa shape index (κ1) is 19.4. The molecule has 0 unspecified atom stereocenters. The second-order valence-electron chi connectivity index (χ2n) is 5.99. The van der Waals surface area contributed by atoms with Gasteiger partial charge in [-0.2, -0.15) is 0 Å². The second kappa shape index (κ2) is 9.04. The van der Waals surface area contributed by atoms with Crippen molar-refractivity contribution in [1.29, 1.82) is 0 Å². The molecule has 1 heterocycles.